The van der Waals surface area contributed by atoms with Gasteiger partial charge in [0.05, 0.1) is 12.3 Å². The first-order chi connectivity index (χ1) is 5.38. The fraction of sp³-hybridized carbons (Fsp3) is 0.778. The molecule has 0 aliphatic rings. The summed E-state index contributed by atoms with van der Waals surface area (Å²) >= 11 is 0. The Morgan fingerprint density at radius 1 is 1.58 bits per heavy atom. The Kier molecular flexibility index (Phi) is 4.71. The summed E-state index contributed by atoms with van der Waals surface area (Å²) in [6.45, 7) is 11.4. The van der Waals surface area contributed by atoms with E-state index in [0.29, 0.717) is 6.61 Å². The van der Waals surface area contributed by atoms with Crippen LogP contribution in [0.3, 0.4) is 0 Å². The van der Waals surface area contributed by atoms with Crippen molar-refractivity contribution < 1.29 is 8.84 Å². The van der Waals surface area contributed by atoms with Gasteiger partial charge in [-0.05, 0) is 26.4 Å². The normalized spacial score (nSPS) is 14.4. The first kappa shape index (κ1) is 11.8. The van der Waals surface area contributed by atoms with Crippen LogP contribution in [0.15, 0.2) is 12.2 Å². The molecule has 0 aromatic carbocycles. The maximum atomic E-state index is 13.5. The summed E-state index contributed by atoms with van der Waals surface area (Å²) in [4.78, 5) is 0. The van der Waals surface area contributed by atoms with Gasteiger partial charge in [-0.25, -0.2) is 0 Å². The van der Waals surface area contributed by atoms with Gasteiger partial charge in [-0.15, -0.1) is 0 Å². The summed E-state index contributed by atoms with van der Waals surface area (Å²) in [5.74, 6) is 0. The molecular weight excluding hydrogens is 171 g/mol. The van der Waals surface area contributed by atoms with Crippen LogP contribution in [0.5, 0.6) is 0 Å². The number of hydrogen-bond acceptors (Lipinski definition) is 1. The van der Waals surface area contributed by atoms with E-state index in [0.717, 1.165) is 12.0 Å². The second-order valence-corrected chi connectivity index (χ2v) is 7.50. The van der Waals surface area contributed by atoms with Gasteiger partial charge in [-0.1, -0.05) is 19.1 Å². The van der Waals surface area contributed by atoms with Gasteiger partial charge < -0.3 is 8.84 Å². The van der Waals surface area contributed by atoms with Crippen LogP contribution in [0.1, 0.15) is 20.3 Å². The van der Waals surface area contributed by atoms with Gasteiger partial charge in [-0.3, -0.25) is 0 Å². The highest BCUT2D eigenvalue weighted by molar-refractivity contribution is 6.71. The predicted molar refractivity (Wildman–Crippen MR) is 53.4 cm³/mol. The van der Waals surface area contributed by atoms with Crippen LogP contribution < -0.4 is 0 Å². The third-order valence-electron chi connectivity index (χ3n) is 1.67. The van der Waals surface area contributed by atoms with Crippen LogP contribution in [-0.2, 0) is 4.74 Å². The molecule has 12 heavy (non-hydrogen) atoms. The molecule has 72 valence electrons. The van der Waals surface area contributed by atoms with E-state index in [1.54, 1.807) is 13.1 Å². The molecule has 1 nitrogen and oxygen atoms in total. The lowest BCUT2D eigenvalue weighted by molar-refractivity contribution is 0.110. The number of ether oxygens (including phenoxy) is 1. The van der Waals surface area contributed by atoms with Gasteiger partial charge in [0.2, 0.25) is 0 Å². The maximum Gasteiger partial charge on any atom is 0.269 e. The fourth-order valence-electron chi connectivity index (χ4n) is 1.04. The molecule has 0 aliphatic carbocycles. The molecule has 3 heteroatoms. The molecule has 0 fully saturated rings. The van der Waals surface area contributed by atoms with Gasteiger partial charge in [0.25, 0.3) is 8.41 Å². The largest absolute Gasteiger partial charge is 0.374 e. The molecule has 0 aromatic heterocycles. The lowest BCUT2D eigenvalue weighted by Gasteiger charge is -2.23. The average Bonchev–Trinajstić information content (AvgIpc) is 1.85. The van der Waals surface area contributed by atoms with Crippen molar-refractivity contribution >= 4 is 8.41 Å². The Morgan fingerprint density at radius 3 is 2.33 bits per heavy atom. The van der Waals surface area contributed by atoms with Crippen molar-refractivity contribution in [3.8, 4) is 0 Å². The Balaban J connectivity index is 3.92. The van der Waals surface area contributed by atoms with Gasteiger partial charge in [-0.2, -0.15) is 0 Å². The molecule has 0 heterocycles. The molecule has 0 saturated heterocycles. The third-order valence-corrected chi connectivity index (χ3v) is 3.77. The Morgan fingerprint density at radius 2 is 2.08 bits per heavy atom. The minimum absolute atomic E-state index is 0.186. The zero-order chi connectivity index (χ0) is 9.78. The first-order valence-electron chi connectivity index (χ1n) is 4.32. The molecule has 0 radical (unpaired) electrons. The highest BCUT2D eigenvalue weighted by Gasteiger charge is 2.32. The van der Waals surface area contributed by atoms with E-state index in [1.807, 2.05) is 13.8 Å². The van der Waals surface area contributed by atoms with Crippen molar-refractivity contribution in [3.05, 3.63) is 12.2 Å². The standard InChI is InChI=1S/C9H19FOSi/c1-6-9(12(4,5)10)11-7-8(2)3/h9H,2,6-7H2,1,3-5H3. The van der Waals surface area contributed by atoms with Crippen molar-refractivity contribution in [3.63, 3.8) is 0 Å². The molecule has 1 atom stereocenters. The molecule has 1 unspecified atom stereocenters. The molecule has 0 amide bonds. The lowest BCUT2D eigenvalue weighted by atomic mass is 10.4. The zero-order valence-corrected chi connectivity index (χ0v) is 9.48. The van der Waals surface area contributed by atoms with E-state index in [2.05, 4.69) is 6.58 Å². The summed E-state index contributed by atoms with van der Waals surface area (Å²) in [7, 11) is -2.62. The Bertz CT molecular complexity index is 151. The van der Waals surface area contributed by atoms with Crippen LogP contribution in [0, 0.1) is 0 Å². The van der Waals surface area contributed by atoms with E-state index in [4.69, 9.17) is 4.74 Å². The number of hydrogen-bond donors (Lipinski definition) is 0. The molecule has 0 rings (SSSR count). The quantitative estimate of drug-likeness (QED) is 0.368. The van der Waals surface area contributed by atoms with Crippen LogP contribution >= 0.6 is 0 Å². The van der Waals surface area contributed by atoms with Crippen molar-refractivity contribution in [2.45, 2.75) is 39.1 Å². The molecular formula is C9H19FOSi. The van der Waals surface area contributed by atoms with E-state index >= 15 is 0 Å². The zero-order valence-electron chi connectivity index (χ0n) is 8.48. The molecule has 0 N–H and O–H groups in total. The highest BCUT2D eigenvalue weighted by atomic mass is 28.4. The van der Waals surface area contributed by atoms with E-state index in [1.165, 1.54) is 0 Å². The lowest BCUT2D eigenvalue weighted by Crippen LogP contribution is -2.39. The minimum Gasteiger partial charge on any atom is -0.374 e. The number of halogens is 1. The first-order valence-corrected chi connectivity index (χ1v) is 7.28. The topological polar surface area (TPSA) is 9.23 Å². The summed E-state index contributed by atoms with van der Waals surface area (Å²) in [5, 5.41) is 0. The van der Waals surface area contributed by atoms with Crippen LogP contribution in [0.2, 0.25) is 13.1 Å². The number of rotatable bonds is 5. The molecule has 0 saturated carbocycles. The molecule has 0 spiro atoms. The van der Waals surface area contributed by atoms with Crippen LogP contribution in [0.25, 0.3) is 0 Å². The molecule has 0 aromatic rings. The van der Waals surface area contributed by atoms with Gasteiger partial charge in [0.1, 0.15) is 0 Å². The molecule has 0 aliphatic heterocycles. The fourth-order valence-corrected chi connectivity index (χ4v) is 2.49. The summed E-state index contributed by atoms with van der Waals surface area (Å²) in [6, 6.07) is 0. The average molecular weight is 190 g/mol. The van der Waals surface area contributed by atoms with Crippen LogP contribution in [0.4, 0.5) is 4.11 Å². The highest BCUT2D eigenvalue weighted by Crippen LogP contribution is 2.16. The van der Waals surface area contributed by atoms with Crippen molar-refractivity contribution in [1.82, 2.24) is 0 Å². The van der Waals surface area contributed by atoms with Crippen LogP contribution in [-0.4, -0.2) is 20.7 Å². The summed E-state index contributed by atoms with van der Waals surface area (Å²) in [6.07, 6.45) is 0.753. The smallest absolute Gasteiger partial charge is 0.269 e. The summed E-state index contributed by atoms with van der Waals surface area (Å²) < 4.78 is 18.9. The molecule has 0 bridgehead atoms. The van der Waals surface area contributed by atoms with E-state index in [-0.39, 0.29) is 5.73 Å². The van der Waals surface area contributed by atoms with Gasteiger partial charge in [0.15, 0.2) is 0 Å². The van der Waals surface area contributed by atoms with Crippen molar-refractivity contribution in [2.75, 3.05) is 6.61 Å². The van der Waals surface area contributed by atoms with E-state index < -0.39 is 8.41 Å². The van der Waals surface area contributed by atoms with Crippen molar-refractivity contribution in [1.29, 1.82) is 0 Å². The van der Waals surface area contributed by atoms with Gasteiger partial charge in [0, 0.05) is 0 Å². The van der Waals surface area contributed by atoms with Crippen molar-refractivity contribution in [2.24, 2.45) is 0 Å². The minimum atomic E-state index is -2.62. The second kappa shape index (κ2) is 4.77. The predicted octanol–water partition coefficient (Wildman–Crippen LogP) is 3.07. The third kappa shape index (κ3) is 4.67. The van der Waals surface area contributed by atoms with Gasteiger partial charge >= 0.3 is 0 Å². The SMILES string of the molecule is C=C(C)COC(CC)[Si](C)(C)F. The monoisotopic (exact) mass is 190 g/mol. The van der Waals surface area contributed by atoms with E-state index in [9.17, 15) is 4.11 Å². The second-order valence-electron chi connectivity index (χ2n) is 3.73. The Labute approximate surface area is 75.8 Å². The maximum absolute atomic E-state index is 13.5. The Hall–Kier alpha value is -0.153. The summed E-state index contributed by atoms with van der Waals surface area (Å²) in [5.41, 5.74) is 0.765.